The molecule has 0 bridgehead atoms. The predicted octanol–water partition coefficient (Wildman–Crippen LogP) is 3.49. The van der Waals surface area contributed by atoms with E-state index < -0.39 is 0 Å². The fraction of sp³-hybridized carbons (Fsp3) is 0.667. The highest BCUT2D eigenvalue weighted by atomic mass is 19.1. The third-order valence-electron chi connectivity index (χ3n) is 5.54. The molecule has 2 nitrogen and oxygen atoms in total. The van der Waals surface area contributed by atoms with Crippen LogP contribution in [0.1, 0.15) is 44.2 Å². The topological polar surface area (TPSA) is 15.3 Å². The van der Waals surface area contributed by atoms with Crippen LogP contribution in [-0.2, 0) is 6.54 Å². The Morgan fingerprint density at radius 1 is 1.38 bits per heavy atom. The Bertz CT molecular complexity index is 512. The molecule has 3 rings (SSSR count). The molecule has 1 aromatic carbocycles. The van der Waals surface area contributed by atoms with Gasteiger partial charge in [0.25, 0.3) is 0 Å². The van der Waals surface area contributed by atoms with E-state index in [0.29, 0.717) is 6.04 Å². The molecule has 2 unspecified atom stereocenters. The lowest BCUT2D eigenvalue weighted by Crippen LogP contribution is -2.63. The van der Waals surface area contributed by atoms with Gasteiger partial charge in [-0.1, -0.05) is 13.0 Å². The molecule has 1 saturated heterocycles. The highest BCUT2D eigenvalue weighted by Gasteiger charge is 2.41. The maximum absolute atomic E-state index is 13.3. The number of benzene rings is 1. The molecule has 1 heterocycles. The Hall–Kier alpha value is -0.930. The summed E-state index contributed by atoms with van der Waals surface area (Å²) in [6, 6.07) is 5.84. The number of hydrogen-bond acceptors (Lipinski definition) is 2. The first kappa shape index (κ1) is 15.0. The van der Waals surface area contributed by atoms with Crippen molar-refractivity contribution in [2.75, 3.05) is 13.1 Å². The lowest BCUT2D eigenvalue weighted by molar-refractivity contribution is 0.0368. The van der Waals surface area contributed by atoms with Crippen LogP contribution >= 0.6 is 0 Å². The number of piperazine rings is 1. The summed E-state index contributed by atoms with van der Waals surface area (Å²) in [5.41, 5.74) is 2.52. The molecule has 1 aliphatic carbocycles. The van der Waals surface area contributed by atoms with Gasteiger partial charge in [-0.3, -0.25) is 4.90 Å². The minimum atomic E-state index is -0.134. The average molecular weight is 290 g/mol. The zero-order valence-electron chi connectivity index (χ0n) is 13.5. The van der Waals surface area contributed by atoms with E-state index in [2.05, 4.69) is 24.1 Å². The quantitative estimate of drug-likeness (QED) is 0.913. The minimum Gasteiger partial charge on any atom is -0.311 e. The second-order valence-corrected chi connectivity index (χ2v) is 7.13. The van der Waals surface area contributed by atoms with E-state index >= 15 is 0 Å². The Kier molecular flexibility index (Phi) is 4.06. The van der Waals surface area contributed by atoms with Crippen molar-refractivity contribution < 1.29 is 4.39 Å². The van der Waals surface area contributed by atoms with Crippen molar-refractivity contribution in [1.29, 1.82) is 0 Å². The summed E-state index contributed by atoms with van der Waals surface area (Å²) >= 11 is 0. The van der Waals surface area contributed by atoms with Gasteiger partial charge in [0.2, 0.25) is 0 Å². The second-order valence-electron chi connectivity index (χ2n) is 7.13. The minimum absolute atomic E-state index is 0.134. The molecule has 1 aliphatic heterocycles. The predicted molar refractivity (Wildman–Crippen MR) is 84.8 cm³/mol. The SMILES string of the molecule is CCC1(C)CNC(C2CC2)CN1Cc1ccc(F)cc1C. The van der Waals surface area contributed by atoms with Crippen molar-refractivity contribution in [2.45, 2.75) is 58.2 Å². The number of hydrogen-bond donors (Lipinski definition) is 1. The highest BCUT2D eigenvalue weighted by Crippen LogP contribution is 2.37. The number of aryl methyl sites for hydroxylation is 1. The van der Waals surface area contributed by atoms with Gasteiger partial charge >= 0.3 is 0 Å². The van der Waals surface area contributed by atoms with Gasteiger partial charge in [0, 0.05) is 31.2 Å². The van der Waals surface area contributed by atoms with Crippen LogP contribution in [0.4, 0.5) is 4.39 Å². The summed E-state index contributed by atoms with van der Waals surface area (Å²) in [7, 11) is 0. The Morgan fingerprint density at radius 3 is 2.76 bits per heavy atom. The summed E-state index contributed by atoms with van der Waals surface area (Å²) in [6.07, 6.45) is 3.89. The van der Waals surface area contributed by atoms with Gasteiger partial charge in [0.05, 0.1) is 0 Å². The Balaban J connectivity index is 1.78. The standard InChI is InChI=1S/C18H27FN2/c1-4-18(3)12-20-17(14-5-6-14)11-21(18)10-15-7-8-16(19)9-13(15)2/h7-9,14,17,20H,4-6,10-12H2,1-3H3. The third-order valence-corrected chi connectivity index (χ3v) is 5.54. The van der Waals surface area contributed by atoms with Crippen molar-refractivity contribution in [3.63, 3.8) is 0 Å². The van der Waals surface area contributed by atoms with Crippen LogP contribution in [0.15, 0.2) is 18.2 Å². The molecule has 3 heteroatoms. The summed E-state index contributed by atoms with van der Waals surface area (Å²) in [6.45, 7) is 9.74. The van der Waals surface area contributed by atoms with Crippen molar-refractivity contribution in [3.8, 4) is 0 Å². The molecular weight excluding hydrogens is 263 g/mol. The van der Waals surface area contributed by atoms with Gasteiger partial charge in [-0.15, -0.1) is 0 Å². The molecule has 2 aliphatic rings. The summed E-state index contributed by atoms with van der Waals surface area (Å²) < 4.78 is 13.3. The maximum atomic E-state index is 13.3. The first-order valence-electron chi connectivity index (χ1n) is 8.25. The first-order valence-corrected chi connectivity index (χ1v) is 8.25. The van der Waals surface area contributed by atoms with Gasteiger partial charge in [0.1, 0.15) is 5.82 Å². The van der Waals surface area contributed by atoms with Crippen LogP contribution in [0, 0.1) is 18.7 Å². The fourth-order valence-electron chi connectivity index (χ4n) is 3.45. The molecular formula is C18H27FN2. The van der Waals surface area contributed by atoms with Crippen LogP contribution < -0.4 is 5.32 Å². The molecule has 0 aromatic heterocycles. The molecule has 0 radical (unpaired) electrons. The van der Waals surface area contributed by atoms with Gasteiger partial charge in [-0.05, 0) is 62.3 Å². The smallest absolute Gasteiger partial charge is 0.123 e. The number of halogens is 1. The second kappa shape index (κ2) is 5.69. The summed E-state index contributed by atoms with van der Waals surface area (Å²) in [5, 5.41) is 3.76. The van der Waals surface area contributed by atoms with Crippen LogP contribution in [0.3, 0.4) is 0 Å². The van der Waals surface area contributed by atoms with Gasteiger partial charge < -0.3 is 5.32 Å². The van der Waals surface area contributed by atoms with E-state index in [1.165, 1.54) is 18.4 Å². The van der Waals surface area contributed by atoms with Gasteiger partial charge in [-0.2, -0.15) is 0 Å². The largest absolute Gasteiger partial charge is 0.311 e. The van der Waals surface area contributed by atoms with Crippen LogP contribution in [0.25, 0.3) is 0 Å². The number of nitrogens with zero attached hydrogens (tertiary/aromatic N) is 1. The third kappa shape index (κ3) is 3.14. The van der Waals surface area contributed by atoms with Crippen molar-refractivity contribution in [2.24, 2.45) is 5.92 Å². The average Bonchev–Trinajstić information content (AvgIpc) is 3.28. The lowest BCUT2D eigenvalue weighted by atomic mass is 9.90. The molecule has 1 aromatic rings. The van der Waals surface area contributed by atoms with E-state index in [1.807, 2.05) is 13.0 Å². The van der Waals surface area contributed by atoms with E-state index in [-0.39, 0.29) is 11.4 Å². The molecule has 2 atom stereocenters. The molecule has 0 amide bonds. The zero-order valence-corrected chi connectivity index (χ0v) is 13.5. The summed E-state index contributed by atoms with van der Waals surface area (Å²) in [5.74, 6) is 0.744. The normalized spacial score (nSPS) is 30.6. The van der Waals surface area contributed by atoms with Crippen LogP contribution in [0.2, 0.25) is 0 Å². The fourth-order valence-corrected chi connectivity index (χ4v) is 3.45. The molecule has 1 N–H and O–H groups in total. The van der Waals surface area contributed by atoms with Crippen molar-refractivity contribution in [3.05, 3.63) is 35.1 Å². The molecule has 2 fully saturated rings. The highest BCUT2D eigenvalue weighted by molar-refractivity contribution is 5.27. The monoisotopic (exact) mass is 290 g/mol. The number of rotatable bonds is 4. The van der Waals surface area contributed by atoms with E-state index in [1.54, 1.807) is 12.1 Å². The van der Waals surface area contributed by atoms with Crippen LogP contribution in [-0.4, -0.2) is 29.6 Å². The molecule has 0 spiro atoms. The van der Waals surface area contributed by atoms with Gasteiger partial charge in [-0.25, -0.2) is 4.39 Å². The van der Waals surface area contributed by atoms with Crippen molar-refractivity contribution in [1.82, 2.24) is 10.2 Å². The summed E-state index contributed by atoms with van der Waals surface area (Å²) in [4.78, 5) is 2.62. The van der Waals surface area contributed by atoms with Crippen molar-refractivity contribution >= 4 is 0 Å². The van der Waals surface area contributed by atoms with E-state index in [9.17, 15) is 4.39 Å². The molecule has 116 valence electrons. The lowest BCUT2D eigenvalue weighted by Gasteiger charge is -2.48. The Morgan fingerprint density at radius 2 is 2.14 bits per heavy atom. The first-order chi connectivity index (χ1) is 10.0. The Labute approximate surface area is 127 Å². The molecule has 21 heavy (non-hydrogen) atoms. The molecule has 1 saturated carbocycles. The van der Waals surface area contributed by atoms with E-state index in [0.717, 1.165) is 37.5 Å². The van der Waals surface area contributed by atoms with Gasteiger partial charge in [0.15, 0.2) is 0 Å². The van der Waals surface area contributed by atoms with Crippen LogP contribution in [0.5, 0.6) is 0 Å². The maximum Gasteiger partial charge on any atom is 0.123 e. The zero-order chi connectivity index (χ0) is 15.0. The van der Waals surface area contributed by atoms with E-state index in [4.69, 9.17) is 0 Å². The number of nitrogens with one attached hydrogen (secondary N) is 1.